The second-order valence-corrected chi connectivity index (χ2v) is 12.9. The third-order valence-corrected chi connectivity index (χ3v) is 9.33. The molecule has 0 saturated carbocycles. The maximum atomic E-state index is 13.2. The number of benzene rings is 1. The molecule has 2 amide bonds. The second-order valence-electron chi connectivity index (χ2n) is 10.7. The molecule has 202 valence electrons. The Morgan fingerprint density at radius 2 is 1.87 bits per heavy atom. The van der Waals surface area contributed by atoms with Gasteiger partial charge >= 0.3 is 12.0 Å². The van der Waals surface area contributed by atoms with Crippen LogP contribution in [0.15, 0.2) is 24.3 Å². The standard InChI is InChI=1S/C29H35N3O4S2/c1-29(2,3)36-27(33)24-20-10-5-6-11-22(20)38-26(24)32-28(34)31-15-21-19-12-13-30-16-23(19)37-25(21)17-8-7-9-18(14-17)35-4/h7-9,14,30H,5-6,10-13,15-16H2,1-4H3,(H2,31,32,34). The number of urea groups is 1. The third kappa shape index (κ3) is 5.75. The van der Waals surface area contributed by atoms with Gasteiger partial charge in [-0.3, -0.25) is 5.32 Å². The van der Waals surface area contributed by atoms with Crippen LogP contribution in [0.5, 0.6) is 5.75 Å². The highest BCUT2D eigenvalue weighted by molar-refractivity contribution is 7.17. The molecule has 0 atom stereocenters. The summed E-state index contributed by atoms with van der Waals surface area (Å²) in [6.07, 6.45) is 4.82. The highest BCUT2D eigenvalue weighted by Gasteiger charge is 2.30. The zero-order valence-electron chi connectivity index (χ0n) is 22.4. The number of aryl methyl sites for hydroxylation is 1. The number of methoxy groups -OCH3 is 1. The van der Waals surface area contributed by atoms with E-state index < -0.39 is 5.60 Å². The molecular weight excluding hydrogens is 518 g/mol. The fraction of sp³-hybridized carbons (Fsp3) is 0.448. The molecule has 0 radical (unpaired) electrons. The van der Waals surface area contributed by atoms with Crippen LogP contribution < -0.4 is 20.7 Å². The molecule has 9 heteroatoms. The van der Waals surface area contributed by atoms with Crippen molar-refractivity contribution in [1.82, 2.24) is 10.6 Å². The molecule has 1 aromatic carbocycles. The maximum Gasteiger partial charge on any atom is 0.341 e. The summed E-state index contributed by atoms with van der Waals surface area (Å²) in [5, 5.41) is 10.1. The molecule has 1 aliphatic heterocycles. The summed E-state index contributed by atoms with van der Waals surface area (Å²) in [6.45, 7) is 7.74. The molecule has 3 heterocycles. The molecule has 3 N–H and O–H groups in total. The molecule has 2 aliphatic rings. The number of amides is 2. The Morgan fingerprint density at radius 3 is 2.66 bits per heavy atom. The van der Waals surface area contributed by atoms with Crippen molar-refractivity contribution >= 4 is 39.7 Å². The Balaban J connectivity index is 1.38. The zero-order valence-corrected chi connectivity index (χ0v) is 24.0. The number of carbonyl (C=O) groups is 2. The first-order valence-electron chi connectivity index (χ1n) is 13.1. The lowest BCUT2D eigenvalue weighted by Crippen LogP contribution is -2.30. The Bertz CT molecular complexity index is 1350. The van der Waals surface area contributed by atoms with Gasteiger partial charge in [0.05, 0.1) is 12.7 Å². The van der Waals surface area contributed by atoms with E-state index in [0.717, 1.165) is 72.5 Å². The van der Waals surface area contributed by atoms with Crippen LogP contribution in [0.3, 0.4) is 0 Å². The third-order valence-electron chi connectivity index (χ3n) is 6.80. The van der Waals surface area contributed by atoms with Crippen LogP contribution >= 0.6 is 22.7 Å². The summed E-state index contributed by atoms with van der Waals surface area (Å²) in [4.78, 5) is 30.0. The van der Waals surface area contributed by atoms with Crippen LogP contribution in [-0.2, 0) is 37.1 Å². The van der Waals surface area contributed by atoms with E-state index in [1.54, 1.807) is 18.4 Å². The van der Waals surface area contributed by atoms with E-state index >= 15 is 0 Å². The maximum absolute atomic E-state index is 13.2. The van der Waals surface area contributed by atoms with Crippen molar-refractivity contribution in [3.8, 4) is 16.2 Å². The molecule has 3 aromatic rings. The first-order valence-corrected chi connectivity index (χ1v) is 14.8. The van der Waals surface area contributed by atoms with E-state index in [4.69, 9.17) is 9.47 Å². The van der Waals surface area contributed by atoms with Crippen molar-refractivity contribution in [2.24, 2.45) is 0 Å². The van der Waals surface area contributed by atoms with Gasteiger partial charge in [-0.25, -0.2) is 9.59 Å². The number of thiophene rings is 2. The predicted octanol–water partition coefficient (Wildman–Crippen LogP) is 6.29. The lowest BCUT2D eigenvalue weighted by atomic mass is 9.95. The minimum absolute atomic E-state index is 0.320. The average Bonchev–Trinajstić information content (AvgIpc) is 3.44. The predicted molar refractivity (Wildman–Crippen MR) is 154 cm³/mol. The van der Waals surface area contributed by atoms with E-state index in [2.05, 4.69) is 22.0 Å². The number of anilines is 1. The van der Waals surface area contributed by atoms with Crippen molar-refractivity contribution in [1.29, 1.82) is 0 Å². The van der Waals surface area contributed by atoms with E-state index in [1.807, 2.05) is 39.0 Å². The summed E-state index contributed by atoms with van der Waals surface area (Å²) in [5.74, 6) is 0.437. The molecule has 0 saturated heterocycles. The SMILES string of the molecule is COc1cccc(-c2sc3c(c2CNC(=O)Nc2sc4c(c2C(=O)OC(C)(C)C)CCCC4)CCNC3)c1. The highest BCUT2D eigenvalue weighted by Crippen LogP contribution is 2.41. The molecule has 0 spiro atoms. The van der Waals surface area contributed by atoms with Gasteiger partial charge in [0.25, 0.3) is 0 Å². The summed E-state index contributed by atoms with van der Waals surface area (Å²) in [7, 11) is 1.67. The van der Waals surface area contributed by atoms with Crippen LogP contribution in [0.4, 0.5) is 9.80 Å². The molecule has 7 nitrogen and oxygen atoms in total. The summed E-state index contributed by atoms with van der Waals surface area (Å²) >= 11 is 3.27. The van der Waals surface area contributed by atoms with Crippen molar-refractivity contribution < 1.29 is 19.1 Å². The average molecular weight is 554 g/mol. The summed E-state index contributed by atoms with van der Waals surface area (Å²) in [6, 6.07) is 7.73. The molecule has 5 rings (SSSR count). The van der Waals surface area contributed by atoms with E-state index in [-0.39, 0.29) is 12.0 Å². The zero-order chi connectivity index (χ0) is 26.9. The topological polar surface area (TPSA) is 88.7 Å². The van der Waals surface area contributed by atoms with Gasteiger partial charge in [0.2, 0.25) is 0 Å². The number of esters is 1. The van der Waals surface area contributed by atoms with Gasteiger partial charge in [-0.1, -0.05) is 12.1 Å². The number of nitrogens with one attached hydrogen (secondary N) is 3. The Labute approximate surface area is 231 Å². The first kappa shape index (κ1) is 26.7. The van der Waals surface area contributed by atoms with Crippen LogP contribution in [0.2, 0.25) is 0 Å². The normalized spacial score (nSPS) is 14.8. The fourth-order valence-corrected chi connectivity index (χ4v) is 7.70. The summed E-state index contributed by atoms with van der Waals surface area (Å²) < 4.78 is 11.2. The Hall–Kier alpha value is -2.88. The van der Waals surface area contributed by atoms with E-state index in [0.29, 0.717) is 17.1 Å². The minimum Gasteiger partial charge on any atom is -0.497 e. The smallest absolute Gasteiger partial charge is 0.341 e. The van der Waals surface area contributed by atoms with Crippen molar-refractivity contribution in [3.05, 3.63) is 56.3 Å². The molecule has 1 aliphatic carbocycles. The Kier molecular flexibility index (Phi) is 7.79. The number of rotatable bonds is 6. The van der Waals surface area contributed by atoms with Crippen LogP contribution in [0.25, 0.3) is 10.4 Å². The lowest BCUT2D eigenvalue weighted by Gasteiger charge is -2.21. The number of carbonyl (C=O) groups excluding carboxylic acids is 2. The Morgan fingerprint density at radius 1 is 1.05 bits per heavy atom. The van der Waals surface area contributed by atoms with Gasteiger partial charge in [-0.2, -0.15) is 0 Å². The number of hydrogen-bond acceptors (Lipinski definition) is 7. The van der Waals surface area contributed by atoms with Crippen LogP contribution in [-0.4, -0.2) is 31.3 Å². The molecule has 0 unspecified atom stereocenters. The molecule has 0 fully saturated rings. The molecule has 38 heavy (non-hydrogen) atoms. The number of hydrogen-bond donors (Lipinski definition) is 3. The van der Waals surface area contributed by atoms with Gasteiger partial charge in [0.1, 0.15) is 16.4 Å². The van der Waals surface area contributed by atoms with E-state index in [9.17, 15) is 9.59 Å². The first-order chi connectivity index (χ1) is 18.2. The van der Waals surface area contributed by atoms with Gasteiger partial charge in [-0.15, -0.1) is 22.7 Å². The number of fused-ring (bicyclic) bond motifs is 2. The van der Waals surface area contributed by atoms with E-state index in [1.165, 1.54) is 26.7 Å². The van der Waals surface area contributed by atoms with Crippen molar-refractivity contribution in [2.75, 3.05) is 19.0 Å². The molecular formula is C29H35N3O4S2. The summed E-state index contributed by atoms with van der Waals surface area (Å²) in [5.41, 5.74) is 4.49. The van der Waals surface area contributed by atoms with Gasteiger partial charge < -0.3 is 20.1 Å². The monoisotopic (exact) mass is 553 g/mol. The van der Waals surface area contributed by atoms with Crippen molar-refractivity contribution in [3.63, 3.8) is 0 Å². The molecule has 0 bridgehead atoms. The lowest BCUT2D eigenvalue weighted by molar-refractivity contribution is 0.00699. The van der Waals surface area contributed by atoms with Crippen molar-refractivity contribution in [2.45, 2.75) is 71.6 Å². The van der Waals surface area contributed by atoms with Gasteiger partial charge in [-0.05, 0) is 93.8 Å². The molecule has 2 aromatic heterocycles. The fourth-order valence-electron chi connectivity index (χ4n) is 5.10. The largest absolute Gasteiger partial charge is 0.497 e. The minimum atomic E-state index is -0.608. The van der Waals surface area contributed by atoms with Gasteiger partial charge in [0, 0.05) is 27.7 Å². The van der Waals surface area contributed by atoms with Gasteiger partial charge in [0.15, 0.2) is 0 Å². The quantitative estimate of drug-likeness (QED) is 0.313. The second kappa shape index (κ2) is 11.1. The highest BCUT2D eigenvalue weighted by atomic mass is 32.1. The number of ether oxygens (including phenoxy) is 2. The van der Waals surface area contributed by atoms with Crippen LogP contribution in [0, 0.1) is 0 Å². The van der Waals surface area contributed by atoms with Crippen LogP contribution in [0.1, 0.15) is 70.4 Å².